The van der Waals surface area contributed by atoms with Crippen LogP contribution < -0.4 is 5.32 Å². The summed E-state index contributed by atoms with van der Waals surface area (Å²) >= 11 is 3.35. The van der Waals surface area contributed by atoms with E-state index >= 15 is 0 Å². The predicted molar refractivity (Wildman–Crippen MR) is 82.3 cm³/mol. The molecular formula is C15H19BrN2O2. The molecule has 0 aromatic heterocycles. The minimum atomic E-state index is -0.250. The minimum absolute atomic E-state index is 0.0773. The molecule has 1 aliphatic heterocycles. The fraction of sp³-hybridized carbons (Fsp3) is 0.467. The largest absolute Gasteiger partial charge is 0.339 e. The van der Waals surface area contributed by atoms with Gasteiger partial charge in [-0.25, -0.2) is 0 Å². The average Bonchev–Trinajstić information content (AvgIpc) is 2.82. The first-order valence-corrected chi connectivity index (χ1v) is 7.66. The lowest BCUT2D eigenvalue weighted by Crippen LogP contribution is -2.35. The van der Waals surface area contributed by atoms with E-state index in [1.807, 2.05) is 43.0 Å². The van der Waals surface area contributed by atoms with E-state index in [-0.39, 0.29) is 23.8 Å². The summed E-state index contributed by atoms with van der Waals surface area (Å²) in [7, 11) is 0. The Kier molecular flexibility index (Phi) is 4.81. The van der Waals surface area contributed by atoms with Crippen LogP contribution in [-0.2, 0) is 9.59 Å². The van der Waals surface area contributed by atoms with Crippen molar-refractivity contribution in [3.05, 3.63) is 28.7 Å². The van der Waals surface area contributed by atoms with Crippen LogP contribution in [0, 0.1) is 5.92 Å². The SMILES string of the molecule is CCC(C)N1CC(C(=O)Nc2ccc(Br)cc2)CC1=O. The van der Waals surface area contributed by atoms with Crippen LogP contribution >= 0.6 is 15.9 Å². The molecule has 4 nitrogen and oxygen atoms in total. The molecule has 2 unspecified atom stereocenters. The second-order valence-corrected chi connectivity index (χ2v) is 6.12. The number of hydrogen-bond acceptors (Lipinski definition) is 2. The van der Waals surface area contributed by atoms with Gasteiger partial charge in [-0.3, -0.25) is 9.59 Å². The highest BCUT2D eigenvalue weighted by Crippen LogP contribution is 2.23. The number of carbonyl (C=O) groups is 2. The molecule has 0 spiro atoms. The van der Waals surface area contributed by atoms with Crippen molar-refractivity contribution in [2.45, 2.75) is 32.7 Å². The van der Waals surface area contributed by atoms with Crippen LogP contribution in [0.1, 0.15) is 26.7 Å². The van der Waals surface area contributed by atoms with E-state index < -0.39 is 0 Å². The van der Waals surface area contributed by atoms with Gasteiger partial charge in [-0.1, -0.05) is 22.9 Å². The zero-order chi connectivity index (χ0) is 14.7. The molecule has 1 aromatic carbocycles. The molecule has 20 heavy (non-hydrogen) atoms. The lowest BCUT2D eigenvalue weighted by atomic mass is 10.1. The molecule has 1 heterocycles. The van der Waals surface area contributed by atoms with Crippen molar-refractivity contribution < 1.29 is 9.59 Å². The molecule has 0 bridgehead atoms. The second kappa shape index (κ2) is 6.39. The number of carbonyl (C=O) groups excluding carboxylic acids is 2. The van der Waals surface area contributed by atoms with E-state index in [0.29, 0.717) is 13.0 Å². The highest BCUT2D eigenvalue weighted by molar-refractivity contribution is 9.10. The second-order valence-electron chi connectivity index (χ2n) is 5.20. The van der Waals surface area contributed by atoms with Crippen molar-refractivity contribution in [3.63, 3.8) is 0 Å². The third-order valence-corrected chi connectivity index (χ3v) is 4.29. The maximum Gasteiger partial charge on any atom is 0.229 e. The Bertz CT molecular complexity index is 501. The van der Waals surface area contributed by atoms with E-state index in [2.05, 4.69) is 21.2 Å². The summed E-state index contributed by atoms with van der Waals surface area (Å²) in [5.74, 6) is -0.248. The van der Waals surface area contributed by atoms with Crippen LogP contribution in [0.2, 0.25) is 0 Å². The van der Waals surface area contributed by atoms with Crippen molar-refractivity contribution in [1.82, 2.24) is 4.90 Å². The molecule has 2 atom stereocenters. The molecule has 5 heteroatoms. The van der Waals surface area contributed by atoms with Gasteiger partial charge in [0, 0.05) is 29.2 Å². The van der Waals surface area contributed by atoms with Crippen LogP contribution in [0.5, 0.6) is 0 Å². The molecule has 0 aliphatic carbocycles. The van der Waals surface area contributed by atoms with Crippen LogP contribution in [0.25, 0.3) is 0 Å². The first kappa shape index (κ1) is 15.0. The van der Waals surface area contributed by atoms with E-state index in [9.17, 15) is 9.59 Å². The Hall–Kier alpha value is -1.36. The topological polar surface area (TPSA) is 49.4 Å². The molecule has 1 aromatic rings. The van der Waals surface area contributed by atoms with Gasteiger partial charge in [0.05, 0.1) is 5.92 Å². The normalized spacial score (nSPS) is 20.1. The fourth-order valence-electron chi connectivity index (χ4n) is 2.33. The van der Waals surface area contributed by atoms with Gasteiger partial charge in [-0.05, 0) is 37.6 Å². The Labute approximate surface area is 127 Å². The first-order valence-electron chi connectivity index (χ1n) is 6.87. The lowest BCUT2D eigenvalue weighted by molar-refractivity contribution is -0.129. The summed E-state index contributed by atoms with van der Waals surface area (Å²) in [6.45, 7) is 4.59. The molecule has 2 rings (SSSR count). The maximum absolute atomic E-state index is 12.2. The van der Waals surface area contributed by atoms with Crippen molar-refractivity contribution in [2.75, 3.05) is 11.9 Å². The van der Waals surface area contributed by atoms with Gasteiger partial charge in [0.2, 0.25) is 11.8 Å². The van der Waals surface area contributed by atoms with Crippen molar-refractivity contribution in [2.24, 2.45) is 5.92 Å². The Morgan fingerprint density at radius 3 is 2.70 bits per heavy atom. The zero-order valence-electron chi connectivity index (χ0n) is 11.7. The Balaban J connectivity index is 1.97. The third kappa shape index (κ3) is 3.39. The monoisotopic (exact) mass is 338 g/mol. The fourth-order valence-corrected chi connectivity index (χ4v) is 2.60. The maximum atomic E-state index is 12.2. The molecule has 1 fully saturated rings. The summed E-state index contributed by atoms with van der Waals surface area (Å²) < 4.78 is 0.967. The number of halogens is 1. The molecule has 2 amide bonds. The number of amides is 2. The number of benzene rings is 1. The van der Waals surface area contributed by atoms with Gasteiger partial charge < -0.3 is 10.2 Å². The van der Waals surface area contributed by atoms with Gasteiger partial charge >= 0.3 is 0 Å². The summed E-state index contributed by atoms with van der Waals surface area (Å²) in [6.07, 6.45) is 1.22. The summed E-state index contributed by atoms with van der Waals surface area (Å²) in [6, 6.07) is 7.63. The summed E-state index contributed by atoms with van der Waals surface area (Å²) in [4.78, 5) is 25.9. The Morgan fingerprint density at radius 1 is 1.45 bits per heavy atom. The van der Waals surface area contributed by atoms with Crippen molar-refractivity contribution in [3.8, 4) is 0 Å². The molecular weight excluding hydrogens is 320 g/mol. The number of likely N-dealkylation sites (tertiary alicyclic amines) is 1. The molecule has 1 saturated heterocycles. The standard InChI is InChI=1S/C15H19BrN2O2/c1-3-10(2)18-9-11(8-14(18)19)15(20)17-13-6-4-12(16)5-7-13/h4-7,10-11H,3,8-9H2,1-2H3,(H,17,20). The Morgan fingerprint density at radius 2 is 2.10 bits per heavy atom. The molecule has 1 aliphatic rings. The van der Waals surface area contributed by atoms with Crippen molar-refractivity contribution >= 4 is 33.4 Å². The average molecular weight is 339 g/mol. The minimum Gasteiger partial charge on any atom is -0.339 e. The van der Waals surface area contributed by atoms with Crippen LogP contribution in [0.3, 0.4) is 0 Å². The van der Waals surface area contributed by atoms with Gasteiger partial charge in [0.25, 0.3) is 0 Å². The number of rotatable bonds is 4. The van der Waals surface area contributed by atoms with E-state index in [0.717, 1.165) is 16.6 Å². The highest BCUT2D eigenvalue weighted by atomic mass is 79.9. The molecule has 0 radical (unpaired) electrons. The van der Waals surface area contributed by atoms with Gasteiger partial charge in [0.15, 0.2) is 0 Å². The summed E-state index contributed by atoms with van der Waals surface area (Å²) in [5, 5.41) is 2.87. The van der Waals surface area contributed by atoms with E-state index in [1.54, 1.807) is 0 Å². The number of anilines is 1. The predicted octanol–water partition coefficient (Wildman–Crippen LogP) is 3.03. The van der Waals surface area contributed by atoms with Gasteiger partial charge in [-0.2, -0.15) is 0 Å². The smallest absolute Gasteiger partial charge is 0.229 e. The number of nitrogens with zero attached hydrogens (tertiary/aromatic N) is 1. The van der Waals surface area contributed by atoms with Crippen molar-refractivity contribution in [1.29, 1.82) is 0 Å². The molecule has 108 valence electrons. The van der Waals surface area contributed by atoms with Crippen LogP contribution in [-0.4, -0.2) is 29.3 Å². The third-order valence-electron chi connectivity index (χ3n) is 3.76. The molecule has 1 N–H and O–H groups in total. The van der Waals surface area contributed by atoms with Crippen LogP contribution in [0.15, 0.2) is 28.7 Å². The van der Waals surface area contributed by atoms with Crippen LogP contribution in [0.4, 0.5) is 5.69 Å². The number of hydrogen-bond donors (Lipinski definition) is 1. The van der Waals surface area contributed by atoms with Gasteiger partial charge in [0.1, 0.15) is 0 Å². The quantitative estimate of drug-likeness (QED) is 0.917. The highest BCUT2D eigenvalue weighted by Gasteiger charge is 2.36. The molecule has 0 saturated carbocycles. The zero-order valence-corrected chi connectivity index (χ0v) is 13.3. The first-order chi connectivity index (χ1) is 9.51. The van der Waals surface area contributed by atoms with Gasteiger partial charge in [-0.15, -0.1) is 0 Å². The number of nitrogens with one attached hydrogen (secondary N) is 1. The van der Waals surface area contributed by atoms with E-state index in [4.69, 9.17) is 0 Å². The lowest BCUT2D eigenvalue weighted by Gasteiger charge is -2.23. The van der Waals surface area contributed by atoms with E-state index in [1.165, 1.54) is 0 Å². The summed E-state index contributed by atoms with van der Waals surface area (Å²) in [5.41, 5.74) is 0.757.